The number of fused-ring (bicyclic) bond motifs is 1. The molecule has 0 atom stereocenters. The Balaban J connectivity index is 0.000000352. The first-order valence-electron chi connectivity index (χ1n) is 8.04. The van der Waals surface area contributed by atoms with Gasteiger partial charge in [0, 0.05) is 6.54 Å². The molecule has 0 saturated heterocycles. The molecule has 0 amide bonds. The predicted octanol–water partition coefficient (Wildman–Crippen LogP) is 2.08. The van der Waals surface area contributed by atoms with Crippen molar-refractivity contribution in [2.24, 2.45) is 0 Å². The first-order chi connectivity index (χ1) is 12.5. The van der Waals surface area contributed by atoms with Crippen LogP contribution in [0.25, 0.3) is 0 Å². The SMILES string of the molecule is COc1cc2c(cc1OCc1ccccc1)CNCC2.O=C(O)C(=O)O. The molecule has 3 N–H and O–H groups in total. The molecule has 0 aliphatic carbocycles. The fourth-order valence-electron chi connectivity index (χ4n) is 2.50. The molecule has 3 rings (SSSR count). The van der Waals surface area contributed by atoms with Crippen LogP contribution >= 0.6 is 0 Å². The molecule has 1 aliphatic heterocycles. The van der Waals surface area contributed by atoms with Gasteiger partial charge < -0.3 is 25.0 Å². The van der Waals surface area contributed by atoms with Crippen molar-refractivity contribution in [2.45, 2.75) is 19.6 Å². The second kappa shape index (κ2) is 9.43. The lowest BCUT2D eigenvalue weighted by Crippen LogP contribution is -2.23. The Morgan fingerprint density at radius 3 is 2.31 bits per heavy atom. The molecule has 7 nitrogen and oxygen atoms in total. The standard InChI is InChI=1S/C17H19NO2.C2H2O4/c1-19-16-9-14-7-8-18-11-15(14)10-17(16)20-12-13-5-3-2-4-6-13;3-1(4)2(5)6/h2-6,9-10,18H,7-8,11-12H2,1H3;(H,3,4)(H,5,6). The summed E-state index contributed by atoms with van der Waals surface area (Å²) < 4.78 is 11.4. The van der Waals surface area contributed by atoms with E-state index in [2.05, 4.69) is 29.6 Å². The van der Waals surface area contributed by atoms with E-state index in [0.29, 0.717) is 6.61 Å². The Labute approximate surface area is 151 Å². The molecule has 26 heavy (non-hydrogen) atoms. The molecule has 0 bridgehead atoms. The Bertz CT molecular complexity index is 748. The van der Waals surface area contributed by atoms with Gasteiger partial charge >= 0.3 is 11.9 Å². The van der Waals surface area contributed by atoms with Gasteiger partial charge in [0.25, 0.3) is 0 Å². The molecule has 0 unspecified atom stereocenters. The molecule has 2 aromatic rings. The van der Waals surface area contributed by atoms with E-state index < -0.39 is 11.9 Å². The molecule has 0 radical (unpaired) electrons. The first kappa shape index (κ1) is 19.3. The summed E-state index contributed by atoms with van der Waals surface area (Å²) in [6.45, 7) is 2.49. The number of benzene rings is 2. The topological polar surface area (TPSA) is 105 Å². The van der Waals surface area contributed by atoms with Crippen molar-refractivity contribution in [3.63, 3.8) is 0 Å². The van der Waals surface area contributed by atoms with E-state index in [-0.39, 0.29) is 0 Å². The summed E-state index contributed by atoms with van der Waals surface area (Å²) in [6.07, 6.45) is 1.05. The van der Waals surface area contributed by atoms with Gasteiger partial charge in [-0.05, 0) is 41.8 Å². The van der Waals surface area contributed by atoms with Crippen molar-refractivity contribution < 1.29 is 29.3 Å². The van der Waals surface area contributed by atoms with Crippen LogP contribution < -0.4 is 14.8 Å². The number of hydrogen-bond acceptors (Lipinski definition) is 5. The maximum Gasteiger partial charge on any atom is 0.414 e. The highest BCUT2D eigenvalue weighted by Crippen LogP contribution is 2.32. The lowest BCUT2D eigenvalue weighted by atomic mass is 10.0. The fraction of sp³-hybridized carbons (Fsp3) is 0.263. The molecule has 1 aliphatic rings. The minimum atomic E-state index is -1.82. The lowest BCUT2D eigenvalue weighted by Gasteiger charge is -2.20. The molecule has 1 heterocycles. The van der Waals surface area contributed by atoms with Crippen LogP contribution in [-0.2, 0) is 29.2 Å². The summed E-state index contributed by atoms with van der Waals surface area (Å²) in [6, 6.07) is 14.4. The number of carboxylic acids is 2. The highest BCUT2D eigenvalue weighted by atomic mass is 16.5. The molecular weight excluding hydrogens is 338 g/mol. The van der Waals surface area contributed by atoms with E-state index in [1.807, 2.05) is 18.2 Å². The zero-order valence-corrected chi connectivity index (χ0v) is 14.4. The average molecular weight is 359 g/mol. The molecule has 0 fully saturated rings. The molecule has 2 aromatic carbocycles. The molecule has 0 saturated carbocycles. The quantitative estimate of drug-likeness (QED) is 0.718. The van der Waals surface area contributed by atoms with Crippen LogP contribution in [0, 0.1) is 0 Å². The summed E-state index contributed by atoms with van der Waals surface area (Å²) in [4.78, 5) is 18.2. The Morgan fingerprint density at radius 2 is 1.69 bits per heavy atom. The summed E-state index contributed by atoms with van der Waals surface area (Å²) in [5.41, 5.74) is 3.82. The van der Waals surface area contributed by atoms with E-state index in [4.69, 9.17) is 29.3 Å². The minimum Gasteiger partial charge on any atom is -0.493 e. The number of methoxy groups -OCH3 is 1. The number of hydrogen-bond donors (Lipinski definition) is 3. The van der Waals surface area contributed by atoms with Crippen molar-refractivity contribution in [3.8, 4) is 11.5 Å². The zero-order valence-electron chi connectivity index (χ0n) is 14.4. The van der Waals surface area contributed by atoms with Crippen molar-refractivity contribution in [1.82, 2.24) is 5.32 Å². The molecular formula is C19H21NO6. The van der Waals surface area contributed by atoms with Crippen LogP contribution in [0.2, 0.25) is 0 Å². The van der Waals surface area contributed by atoms with Crippen LogP contribution in [0.4, 0.5) is 0 Å². The van der Waals surface area contributed by atoms with Crippen LogP contribution in [0.15, 0.2) is 42.5 Å². The maximum atomic E-state index is 9.10. The molecule has 7 heteroatoms. The minimum absolute atomic E-state index is 0.559. The van der Waals surface area contributed by atoms with E-state index in [0.717, 1.165) is 36.6 Å². The second-order valence-corrected chi connectivity index (χ2v) is 5.58. The van der Waals surface area contributed by atoms with Crippen LogP contribution in [0.3, 0.4) is 0 Å². The van der Waals surface area contributed by atoms with Gasteiger partial charge in [-0.1, -0.05) is 30.3 Å². The van der Waals surface area contributed by atoms with Gasteiger partial charge in [0.15, 0.2) is 11.5 Å². The number of carbonyl (C=O) groups is 2. The van der Waals surface area contributed by atoms with E-state index in [1.54, 1.807) is 7.11 Å². The average Bonchev–Trinajstić information content (AvgIpc) is 2.66. The van der Waals surface area contributed by atoms with Crippen molar-refractivity contribution in [3.05, 3.63) is 59.2 Å². The van der Waals surface area contributed by atoms with Gasteiger partial charge in [0.2, 0.25) is 0 Å². The Morgan fingerprint density at radius 1 is 1.04 bits per heavy atom. The number of ether oxygens (including phenoxy) is 2. The highest BCUT2D eigenvalue weighted by molar-refractivity contribution is 6.27. The summed E-state index contributed by atoms with van der Waals surface area (Å²) in [7, 11) is 1.69. The Hall–Kier alpha value is -3.06. The lowest BCUT2D eigenvalue weighted by molar-refractivity contribution is -0.159. The van der Waals surface area contributed by atoms with Crippen molar-refractivity contribution in [2.75, 3.05) is 13.7 Å². The van der Waals surface area contributed by atoms with Gasteiger partial charge in [-0.3, -0.25) is 0 Å². The number of nitrogens with one attached hydrogen (secondary N) is 1. The second-order valence-electron chi connectivity index (χ2n) is 5.58. The van der Waals surface area contributed by atoms with Crippen molar-refractivity contribution in [1.29, 1.82) is 0 Å². The third-order valence-corrected chi connectivity index (χ3v) is 3.79. The molecule has 0 spiro atoms. The fourth-order valence-corrected chi connectivity index (χ4v) is 2.50. The predicted molar refractivity (Wildman–Crippen MR) is 94.5 cm³/mol. The number of aliphatic carboxylic acids is 2. The van der Waals surface area contributed by atoms with Crippen LogP contribution in [0.5, 0.6) is 11.5 Å². The Kier molecular flexibility index (Phi) is 6.99. The van der Waals surface area contributed by atoms with Gasteiger partial charge in [0.1, 0.15) is 6.61 Å². The van der Waals surface area contributed by atoms with Gasteiger partial charge in [-0.15, -0.1) is 0 Å². The monoisotopic (exact) mass is 359 g/mol. The van der Waals surface area contributed by atoms with Crippen LogP contribution in [-0.4, -0.2) is 35.8 Å². The van der Waals surface area contributed by atoms with E-state index in [1.165, 1.54) is 11.1 Å². The summed E-state index contributed by atoms with van der Waals surface area (Å²) >= 11 is 0. The van der Waals surface area contributed by atoms with E-state index in [9.17, 15) is 0 Å². The highest BCUT2D eigenvalue weighted by Gasteiger charge is 2.14. The van der Waals surface area contributed by atoms with Crippen molar-refractivity contribution >= 4 is 11.9 Å². The maximum absolute atomic E-state index is 9.10. The smallest absolute Gasteiger partial charge is 0.414 e. The van der Waals surface area contributed by atoms with E-state index >= 15 is 0 Å². The summed E-state index contributed by atoms with van der Waals surface area (Å²) in [5, 5.41) is 18.2. The first-order valence-corrected chi connectivity index (χ1v) is 8.04. The van der Waals surface area contributed by atoms with Gasteiger partial charge in [-0.2, -0.15) is 0 Å². The normalized spacial score (nSPS) is 12.2. The third kappa shape index (κ3) is 5.49. The van der Waals surface area contributed by atoms with Gasteiger partial charge in [0.05, 0.1) is 7.11 Å². The largest absolute Gasteiger partial charge is 0.493 e. The summed E-state index contributed by atoms with van der Waals surface area (Å²) in [5.74, 6) is -2.01. The number of rotatable bonds is 4. The number of carboxylic acid groups (broad SMARTS) is 2. The van der Waals surface area contributed by atoms with Crippen LogP contribution in [0.1, 0.15) is 16.7 Å². The third-order valence-electron chi connectivity index (χ3n) is 3.79. The molecule has 0 aromatic heterocycles. The van der Waals surface area contributed by atoms with Gasteiger partial charge in [-0.25, -0.2) is 9.59 Å². The zero-order chi connectivity index (χ0) is 18.9. The molecule has 138 valence electrons.